The highest BCUT2D eigenvalue weighted by atomic mass is 19.1. The number of aromatic nitrogens is 3. The van der Waals surface area contributed by atoms with Gasteiger partial charge in [-0.2, -0.15) is 20.1 Å². The molecule has 8 nitrogen and oxygen atoms in total. The van der Waals surface area contributed by atoms with Crippen LogP contribution >= 0.6 is 0 Å². The second kappa shape index (κ2) is 9.58. The lowest BCUT2D eigenvalue weighted by atomic mass is 10.1. The lowest BCUT2D eigenvalue weighted by Gasteiger charge is -2.27. The molecule has 0 spiro atoms. The number of ether oxygens (including phenoxy) is 1. The van der Waals surface area contributed by atoms with Gasteiger partial charge in [-0.25, -0.2) is 9.82 Å². The highest BCUT2D eigenvalue weighted by Crippen LogP contribution is 2.26. The van der Waals surface area contributed by atoms with Gasteiger partial charge >= 0.3 is 0 Å². The van der Waals surface area contributed by atoms with Gasteiger partial charge in [0, 0.05) is 24.2 Å². The average Bonchev–Trinajstić information content (AvgIpc) is 2.86. The van der Waals surface area contributed by atoms with Crippen LogP contribution in [0.25, 0.3) is 10.8 Å². The number of morpholine rings is 1. The number of fused-ring (bicyclic) bond motifs is 1. The minimum Gasteiger partial charge on any atom is -0.378 e. The molecule has 0 saturated carbocycles. The molecule has 0 radical (unpaired) electrons. The van der Waals surface area contributed by atoms with Crippen molar-refractivity contribution in [1.82, 2.24) is 15.0 Å². The van der Waals surface area contributed by atoms with Gasteiger partial charge in [-0.05, 0) is 29.1 Å². The molecule has 2 N–H and O–H groups in total. The quantitative estimate of drug-likeness (QED) is 0.341. The first-order chi connectivity index (χ1) is 16.2. The van der Waals surface area contributed by atoms with Gasteiger partial charge in [-0.15, -0.1) is 0 Å². The maximum Gasteiger partial charge on any atom is 0.250 e. The number of benzene rings is 3. The van der Waals surface area contributed by atoms with Crippen molar-refractivity contribution >= 4 is 40.5 Å². The van der Waals surface area contributed by atoms with Crippen LogP contribution in [0.3, 0.4) is 0 Å². The molecule has 1 aliphatic rings. The van der Waals surface area contributed by atoms with Crippen LogP contribution in [-0.2, 0) is 4.74 Å². The zero-order chi connectivity index (χ0) is 22.5. The van der Waals surface area contributed by atoms with Gasteiger partial charge in [-0.1, -0.05) is 48.5 Å². The van der Waals surface area contributed by atoms with Gasteiger partial charge in [0.2, 0.25) is 17.8 Å². The average molecular weight is 443 g/mol. The van der Waals surface area contributed by atoms with Gasteiger partial charge in [0.15, 0.2) is 0 Å². The number of hydrogen-bond acceptors (Lipinski definition) is 8. The summed E-state index contributed by atoms with van der Waals surface area (Å²) in [4.78, 5) is 15.7. The smallest absolute Gasteiger partial charge is 0.250 e. The molecule has 0 amide bonds. The predicted molar refractivity (Wildman–Crippen MR) is 128 cm³/mol. The molecule has 1 fully saturated rings. The molecule has 166 valence electrons. The SMILES string of the molecule is Fc1ccc(/C=N/Nc2nc(Nc3cccc4ccccc34)nc(N3CCOCC3)n2)cc1. The number of anilines is 4. The van der Waals surface area contributed by atoms with Crippen LogP contribution in [0.4, 0.5) is 27.9 Å². The van der Waals surface area contributed by atoms with Crippen molar-refractivity contribution in [3.8, 4) is 0 Å². The Hall–Kier alpha value is -4.11. The van der Waals surface area contributed by atoms with Crippen LogP contribution < -0.4 is 15.6 Å². The molecule has 9 heteroatoms. The normalized spacial score (nSPS) is 14.0. The second-order valence-corrected chi connectivity index (χ2v) is 7.46. The van der Waals surface area contributed by atoms with Gasteiger partial charge in [-0.3, -0.25) is 0 Å². The zero-order valence-corrected chi connectivity index (χ0v) is 17.8. The summed E-state index contributed by atoms with van der Waals surface area (Å²) in [6, 6.07) is 20.2. The fourth-order valence-corrected chi connectivity index (χ4v) is 3.54. The lowest BCUT2D eigenvalue weighted by molar-refractivity contribution is 0.122. The Morgan fingerprint density at radius 1 is 0.879 bits per heavy atom. The maximum atomic E-state index is 13.1. The topological polar surface area (TPSA) is 87.6 Å². The van der Waals surface area contributed by atoms with Crippen LogP contribution in [0.15, 0.2) is 71.8 Å². The molecule has 1 aliphatic heterocycles. The van der Waals surface area contributed by atoms with Crippen LogP contribution in [0.2, 0.25) is 0 Å². The molecule has 4 aromatic rings. The molecule has 0 atom stereocenters. The summed E-state index contributed by atoms with van der Waals surface area (Å²) >= 11 is 0. The summed E-state index contributed by atoms with van der Waals surface area (Å²) in [5.74, 6) is 0.947. The van der Waals surface area contributed by atoms with Crippen LogP contribution in [0.1, 0.15) is 5.56 Å². The first-order valence-electron chi connectivity index (χ1n) is 10.6. The molecular weight excluding hydrogens is 421 g/mol. The molecule has 1 aromatic heterocycles. The van der Waals surface area contributed by atoms with E-state index in [2.05, 4.69) is 42.9 Å². The van der Waals surface area contributed by atoms with E-state index < -0.39 is 0 Å². The summed E-state index contributed by atoms with van der Waals surface area (Å²) in [6.07, 6.45) is 1.58. The molecule has 0 bridgehead atoms. The Labute approximate surface area is 190 Å². The van der Waals surface area contributed by atoms with E-state index in [9.17, 15) is 4.39 Å². The van der Waals surface area contributed by atoms with E-state index >= 15 is 0 Å². The van der Waals surface area contributed by atoms with E-state index in [-0.39, 0.29) is 5.82 Å². The van der Waals surface area contributed by atoms with Gasteiger partial charge in [0.05, 0.1) is 19.4 Å². The van der Waals surface area contributed by atoms with Crippen LogP contribution in [-0.4, -0.2) is 47.5 Å². The number of nitrogens with one attached hydrogen (secondary N) is 2. The van der Waals surface area contributed by atoms with E-state index in [1.54, 1.807) is 18.3 Å². The highest BCUT2D eigenvalue weighted by molar-refractivity contribution is 5.94. The van der Waals surface area contributed by atoms with Gasteiger partial charge in [0.1, 0.15) is 5.82 Å². The van der Waals surface area contributed by atoms with E-state index in [0.29, 0.717) is 44.1 Å². The third-order valence-corrected chi connectivity index (χ3v) is 5.20. The number of hydrazone groups is 1. The van der Waals surface area contributed by atoms with Crippen molar-refractivity contribution in [2.24, 2.45) is 5.10 Å². The van der Waals surface area contributed by atoms with E-state index in [1.165, 1.54) is 12.1 Å². The minimum atomic E-state index is -0.295. The van der Waals surface area contributed by atoms with E-state index in [0.717, 1.165) is 22.0 Å². The molecule has 0 unspecified atom stereocenters. The first-order valence-corrected chi connectivity index (χ1v) is 10.6. The highest BCUT2D eigenvalue weighted by Gasteiger charge is 2.17. The first kappa shape index (κ1) is 20.8. The molecule has 2 heterocycles. The Kier molecular flexibility index (Phi) is 6.03. The van der Waals surface area contributed by atoms with Crippen molar-refractivity contribution in [3.05, 3.63) is 78.1 Å². The number of rotatable bonds is 6. The third kappa shape index (κ3) is 5.04. The molecule has 5 rings (SSSR count). The Morgan fingerprint density at radius 2 is 1.64 bits per heavy atom. The predicted octanol–water partition coefficient (Wildman–Crippen LogP) is 4.19. The third-order valence-electron chi connectivity index (χ3n) is 5.20. The van der Waals surface area contributed by atoms with Crippen molar-refractivity contribution in [3.63, 3.8) is 0 Å². The monoisotopic (exact) mass is 443 g/mol. The summed E-state index contributed by atoms with van der Waals surface area (Å²) in [5, 5.41) is 9.72. The molecule has 3 aromatic carbocycles. The fourth-order valence-electron chi connectivity index (χ4n) is 3.54. The lowest BCUT2D eigenvalue weighted by Crippen LogP contribution is -2.37. The minimum absolute atomic E-state index is 0.295. The van der Waals surface area contributed by atoms with Crippen molar-refractivity contribution in [2.75, 3.05) is 41.9 Å². The van der Waals surface area contributed by atoms with Crippen LogP contribution in [0.5, 0.6) is 0 Å². The molecule has 33 heavy (non-hydrogen) atoms. The number of halogens is 1. The Bertz CT molecular complexity index is 1270. The van der Waals surface area contributed by atoms with Gasteiger partial charge < -0.3 is 15.0 Å². The fraction of sp³-hybridized carbons (Fsp3) is 0.167. The zero-order valence-electron chi connectivity index (χ0n) is 17.8. The Morgan fingerprint density at radius 3 is 2.48 bits per heavy atom. The number of hydrogen-bond donors (Lipinski definition) is 2. The molecule has 0 aliphatic carbocycles. The maximum absolute atomic E-state index is 13.1. The molecule has 1 saturated heterocycles. The van der Waals surface area contributed by atoms with Gasteiger partial charge in [0.25, 0.3) is 0 Å². The summed E-state index contributed by atoms with van der Waals surface area (Å²) in [6.45, 7) is 2.61. The summed E-state index contributed by atoms with van der Waals surface area (Å²) < 4.78 is 18.6. The van der Waals surface area contributed by atoms with Crippen molar-refractivity contribution in [2.45, 2.75) is 0 Å². The standard InChI is InChI=1S/C24H22FN7O/c25-19-10-8-17(9-11-19)16-26-31-23-28-22(29-24(30-23)32-12-14-33-15-13-32)27-21-7-3-5-18-4-1-2-6-20(18)21/h1-11,16H,12-15H2,(H2,27,28,29,30,31)/b26-16+. The molecular formula is C24H22FN7O. The van der Waals surface area contributed by atoms with Crippen LogP contribution in [0, 0.1) is 5.82 Å². The van der Waals surface area contributed by atoms with Crippen molar-refractivity contribution in [1.29, 1.82) is 0 Å². The number of nitrogens with zero attached hydrogens (tertiary/aromatic N) is 5. The summed E-state index contributed by atoms with van der Waals surface area (Å²) in [5.41, 5.74) is 4.51. The van der Waals surface area contributed by atoms with Crippen molar-refractivity contribution < 1.29 is 9.13 Å². The second-order valence-electron chi connectivity index (χ2n) is 7.46. The van der Waals surface area contributed by atoms with E-state index in [1.807, 2.05) is 35.2 Å². The van der Waals surface area contributed by atoms with E-state index in [4.69, 9.17) is 4.74 Å². The Balaban J connectivity index is 1.44. The largest absolute Gasteiger partial charge is 0.378 e. The summed E-state index contributed by atoms with van der Waals surface area (Å²) in [7, 11) is 0.